The van der Waals surface area contributed by atoms with Gasteiger partial charge in [-0.25, -0.2) is 0 Å². The molecule has 0 aliphatic rings. The lowest BCUT2D eigenvalue weighted by Gasteiger charge is -2.26. The van der Waals surface area contributed by atoms with Crippen molar-refractivity contribution >= 4 is 5.91 Å². The van der Waals surface area contributed by atoms with Crippen molar-refractivity contribution in [1.82, 2.24) is 10.2 Å². The van der Waals surface area contributed by atoms with Crippen LogP contribution in [0.2, 0.25) is 0 Å². The van der Waals surface area contributed by atoms with Crippen LogP contribution in [0.4, 0.5) is 0 Å². The molecule has 0 saturated carbocycles. The predicted octanol–water partition coefficient (Wildman–Crippen LogP) is 1.60. The summed E-state index contributed by atoms with van der Waals surface area (Å²) >= 11 is 0. The van der Waals surface area contributed by atoms with Gasteiger partial charge in [-0.3, -0.25) is 4.79 Å². The largest absolute Gasteiger partial charge is 0.355 e. The van der Waals surface area contributed by atoms with Gasteiger partial charge in [0.1, 0.15) is 0 Å². The Bertz CT molecular complexity index is 246. The van der Waals surface area contributed by atoms with Crippen molar-refractivity contribution in [2.75, 3.05) is 20.1 Å². The average molecular weight is 257 g/mol. The van der Waals surface area contributed by atoms with Gasteiger partial charge in [0.25, 0.3) is 0 Å². The minimum atomic E-state index is -0.434. The van der Waals surface area contributed by atoms with Gasteiger partial charge in [-0.05, 0) is 45.7 Å². The normalized spacial score (nSPS) is 14.1. The monoisotopic (exact) mass is 257 g/mol. The molecule has 0 aromatic rings. The third-order valence-corrected chi connectivity index (χ3v) is 3.33. The van der Waals surface area contributed by atoms with Gasteiger partial charge in [0.2, 0.25) is 5.91 Å². The topological polar surface area (TPSA) is 58.4 Å². The molecule has 0 fully saturated rings. The Balaban J connectivity index is 3.71. The SMILES string of the molecule is CC(C)N(C)CCCCNC(=O)[C@H](N)C(C)(C)C. The number of carbonyl (C=O) groups excluding carboxylic acids is 1. The molecule has 1 amide bonds. The van der Waals surface area contributed by atoms with E-state index >= 15 is 0 Å². The summed E-state index contributed by atoms with van der Waals surface area (Å²) in [7, 11) is 2.12. The van der Waals surface area contributed by atoms with Gasteiger partial charge < -0.3 is 16.0 Å². The molecule has 0 spiro atoms. The number of unbranched alkanes of at least 4 members (excludes halogenated alkanes) is 1. The molecule has 4 nitrogen and oxygen atoms in total. The summed E-state index contributed by atoms with van der Waals surface area (Å²) in [6, 6.07) is 0.143. The Morgan fingerprint density at radius 2 is 1.83 bits per heavy atom. The van der Waals surface area contributed by atoms with Crippen molar-refractivity contribution in [1.29, 1.82) is 0 Å². The highest BCUT2D eigenvalue weighted by Gasteiger charge is 2.26. The molecule has 108 valence electrons. The first-order valence-electron chi connectivity index (χ1n) is 6.89. The van der Waals surface area contributed by atoms with Crippen molar-refractivity contribution in [3.8, 4) is 0 Å². The van der Waals surface area contributed by atoms with Crippen molar-refractivity contribution in [2.24, 2.45) is 11.1 Å². The van der Waals surface area contributed by atoms with Crippen LogP contribution in [0.25, 0.3) is 0 Å². The molecule has 0 radical (unpaired) electrons. The lowest BCUT2D eigenvalue weighted by atomic mass is 9.87. The summed E-state index contributed by atoms with van der Waals surface area (Å²) in [5.41, 5.74) is 5.70. The van der Waals surface area contributed by atoms with Crippen LogP contribution in [0.5, 0.6) is 0 Å². The number of nitrogens with zero attached hydrogens (tertiary/aromatic N) is 1. The summed E-state index contributed by atoms with van der Waals surface area (Å²) in [5, 5.41) is 2.91. The molecule has 0 rings (SSSR count). The molecule has 0 saturated heterocycles. The van der Waals surface area contributed by atoms with Crippen molar-refractivity contribution in [2.45, 2.75) is 59.5 Å². The predicted molar refractivity (Wildman–Crippen MR) is 77.4 cm³/mol. The molecular weight excluding hydrogens is 226 g/mol. The van der Waals surface area contributed by atoms with Gasteiger partial charge >= 0.3 is 0 Å². The number of rotatable bonds is 7. The lowest BCUT2D eigenvalue weighted by molar-refractivity contribution is -0.124. The van der Waals surface area contributed by atoms with Gasteiger partial charge in [0.15, 0.2) is 0 Å². The van der Waals surface area contributed by atoms with E-state index in [-0.39, 0.29) is 11.3 Å². The van der Waals surface area contributed by atoms with Crippen molar-refractivity contribution < 1.29 is 4.79 Å². The fourth-order valence-corrected chi connectivity index (χ4v) is 1.46. The number of nitrogens with two attached hydrogens (primary N) is 1. The summed E-state index contributed by atoms with van der Waals surface area (Å²) in [5.74, 6) is -0.0419. The highest BCUT2D eigenvalue weighted by molar-refractivity contribution is 5.82. The van der Waals surface area contributed by atoms with Crippen LogP contribution in [0, 0.1) is 5.41 Å². The number of carbonyl (C=O) groups is 1. The molecule has 4 heteroatoms. The second-order valence-electron chi connectivity index (χ2n) is 6.42. The zero-order chi connectivity index (χ0) is 14.3. The summed E-state index contributed by atoms with van der Waals surface area (Å²) < 4.78 is 0. The number of hydrogen-bond acceptors (Lipinski definition) is 3. The Morgan fingerprint density at radius 3 is 2.28 bits per heavy atom. The highest BCUT2D eigenvalue weighted by atomic mass is 16.2. The second-order valence-corrected chi connectivity index (χ2v) is 6.42. The molecule has 0 aromatic carbocycles. The maximum atomic E-state index is 11.7. The van der Waals surface area contributed by atoms with E-state index in [4.69, 9.17) is 5.73 Å². The standard InChI is InChI=1S/C14H31N3O/c1-11(2)17(6)10-8-7-9-16-13(18)12(15)14(3,4)5/h11-12H,7-10,15H2,1-6H3,(H,16,18)/t12-/m0/s1. The zero-order valence-electron chi connectivity index (χ0n) is 12.9. The molecule has 1 atom stereocenters. The molecule has 0 aliphatic carbocycles. The highest BCUT2D eigenvalue weighted by Crippen LogP contribution is 2.17. The molecule has 0 bridgehead atoms. The van der Waals surface area contributed by atoms with Gasteiger partial charge in [0.05, 0.1) is 6.04 Å². The summed E-state index contributed by atoms with van der Waals surface area (Å²) in [6.45, 7) is 12.1. The van der Waals surface area contributed by atoms with Gasteiger partial charge in [-0.2, -0.15) is 0 Å². The van der Waals surface area contributed by atoms with Gasteiger partial charge in [-0.15, -0.1) is 0 Å². The quantitative estimate of drug-likeness (QED) is 0.681. The molecule has 0 aliphatic heterocycles. The van der Waals surface area contributed by atoms with E-state index in [2.05, 4.69) is 31.1 Å². The first-order chi connectivity index (χ1) is 8.16. The van der Waals surface area contributed by atoms with Gasteiger partial charge in [0, 0.05) is 12.6 Å². The summed E-state index contributed by atoms with van der Waals surface area (Å²) in [4.78, 5) is 14.1. The average Bonchev–Trinajstić information content (AvgIpc) is 2.25. The molecule has 0 unspecified atom stereocenters. The molecule has 0 aromatic heterocycles. The number of nitrogens with one attached hydrogen (secondary N) is 1. The lowest BCUT2D eigenvalue weighted by Crippen LogP contribution is -2.48. The Kier molecular flexibility index (Phi) is 7.48. The third kappa shape index (κ3) is 6.97. The Labute approximate surface area is 112 Å². The van der Waals surface area contributed by atoms with Crippen LogP contribution in [0.3, 0.4) is 0 Å². The van der Waals surface area contributed by atoms with E-state index < -0.39 is 6.04 Å². The Morgan fingerprint density at radius 1 is 1.28 bits per heavy atom. The molecular formula is C14H31N3O. The van der Waals surface area contributed by atoms with Crippen molar-refractivity contribution in [3.63, 3.8) is 0 Å². The van der Waals surface area contributed by atoms with E-state index in [1.54, 1.807) is 0 Å². The fraction of sp³-hybridized carbons (Fsp3) is 0.929. The molecule has 0 heterocycles. The number of amides is 1. The minimum absolute atomic E-state index is 0.0419. The smallest absolute Gasteiger partial charge is 0.237 e. The second kappa shape index (κ2) is 7.74. The summed E-state index contributed by atoms with van der Waals surface area (Å²) in [6.07, 6.45) is 2.10. The van der Waals surface area contributed by atoms with Crippen LogP contribution in [0.15, 0.2) is 0 Å². The van der Waals surface area contributed by atoms with E-state index in [1.807, 2.05) is 20.8 Å². The van der Waals surface area contributed by atoms with E-state index in [1.165, 1.54) is 0 Å². The van der Waals surface area contributed by atoms with Crippen LogP contribution in [-0.4, -0.2) is 43.0 Å². The van der Waals surface area contributed by atoms with E-state index in [9.17, 15) is 4.79 Å². The van der Waals surface area contributed by atoms with Gasteiger partial charge in [-0.1, -0.05) is 20.8 Å². The van der Waals surface area contributed by atoms with Crippen LogP contribution >= 0.6 is 0 Å². The van der Waals surface area contributed by atoms with E-state index in [0.717, 1.165) is 19.4 Å². The minimum Gasteiger partial charge on any atom is -0.355 e. The first kappa shape index (κ1) is 17.4. The zero-order valence-corrected chi connectivity index (χ0v) is 12.9. The molecule has 3 N–H and O–H groups in total. The number of hydrogen-bond donors (Lipinski definition) is 2. The Hall–Kier alpha value is -0.610. The van der Waals surface area contributed by atoms with Crippen molar-refractivity contribution in [3.05, 3.63) is 0 Å². The molecule has 18 heavy (non-hydrogen) atoms. The van der Waals surface area contributed by atoms with Crippen LogP contribution in [-0.2, 0) is 4.79 Å². The fourth-order valence-electron chi connectivity index (χ4n) is 1.46. The van der Waals surface area contributed by atoms with Crippen LogP contribution in [0.1, 0.15) is 47.5 Å². The maximum Gasteiger partial charge on any atom is 0.237 e. The van der Waals surface area contributed by atoms with Crippen LogP contribution < -0.4 is 11.1 Å². The maximum absolute atomic E-state index is 11.7. The van der Waals surface area contributed by atoms with E-state index in [0.29, 0.717) is 12.6 Å². The third-order valence-electron chi connectivity index (χ3n) is 3.33. The first-order valence-corrected chi connectivity index (χ1v) is 6.89.